The number of benzene rings is 1. The molecule has 3 heterocycles. The molecule has 2 aliphatic rings. The van der Waals surface area contributed by atoms with E-state index in [4.69, 9.17) is 0 Å². The Balaban J connectivity index is 1.58. The maximum absolute atomic E-state index is 14.4. The largest absolute Gasteiger partial charge is 0.354 e. The third-order valence-electron chi connectivity index (χ3n) is 7.85. The second-order valence-corrected chi connectivity index (χ2v) is 10.9. The molecule has 0 saturated carbocycles. The van der Waals surface area contributed by atoms with E-state index in [2.05, 4.69) is 41.9 Å². The number of amides is 2. The molecule has 1 aromatic carbocycles. The van der Waals surface area contributed by atoms with Gasteiger partial charge in [0.15, 0.2) is 0 Å². The number of nitrogens with zero attached hydrogens (tertiary/aromatic N) is 3. The number of fused-ring (bicyclic) bond motifs is 3. The fourth-order valence-electron chi connectivity index (χ4n) is 5.75. The highest BCUT2D eigenvalue weighted by Crippen LogP contribution is 2.38. The van der Waals surface area contributed by atoms with Crippen LogP contribution in [0.3, 0.4) is 0 Å². The van der Waals surface area contributed by atoms with Crippen molar-refractivity contribution in [1.82, 2.24) is 19.4 Å². The number of hydrogen-bond donors (Lipinski definition) is 1. The first-order valence-electron chi connectivity index (χ1n) is 13.4. The van der Waals surface area contributed by atoms with Crippen LogP contribution in [0, 0.1) is 5.92 Å². The van der Waals surface area contributed by atoms with Crippen molar-refractivity contribution in [3.8, 4) is 5.69 Å². The molecule has 0 bridgehead atoms. The summed E-state index contributed by atoms with van der Waals surface area (Å²) in [5.74, 6) is 0.365. The average molecular weight is 487 g/mol. The molecule has 5 rings (SSSR count). The molecule has 6 nitrogen and oxygen atoms in total. The first kappa shape index (κ1) is 24.4. The van der Waals surface area contributed by atoms with Gasteiger partial charge in [0.25, 0.3) is 5.91 Å². The SMILES string of the molecule is CC(C)CCNC(=O)C1(C)Cn2c(c(-n3cccc3)c3ccccc32)C(=O)N1CCC1=CCCCC1. The first-order valence-corrected chi connectivity index (χ1v) is 13.4. The van der Waals surface area contributed by atoms with Crippen LogP contribution >= 0.6 is 0 Å². The second-order valence-electron chi connectivity index (χ2n) is 10.9. The van der Waals surface area contributed by atoms with E-state index in [1.807, 2.05) is 53.0 Å². The minimum atomic E-state index is -0.966. The predicted molar refractivity (Wildman–Crippen MR) is 144 cm³/mol. The van der Waals surface area contributed by atoms with Crippen LogP contribution < -0.4 is 5.32 Å². The van der Waals surface area contributed by atoms with E-state index in [0.717, 1.165) is 42.3 Å². The van der Waals surface area contributed by atoms with Crippen LogP contribution in [0.5, 0.6) is 0 Å². The van der Waals surface area contributed by atoms with Crippen LogP contribution in [0.1, 0.15) is 69.8 Å². The van der Waals surface area contributed by atoms with Gasteiger partial charge in [-0.3, -0.25) is 9.59 Å². The number of allylic oxidation sites excluding steroid dienone is 1. The number of carbonyl (C=O) groups excluding carboxylic acids is 2. The predicted octanol–water partition coefficient (Wildman–Crippen LogP) is 5.70. The van der Waals surface area contributed by atoms with Crippen molar-refractivity contribution in [3.63, 3.8) is 0 Å². The van der Waals surface area contributed by atoms with E-state index in [9.17, 15) is 9.59 Å². The van der Waals surface area contributed by atoms with Crippen LogP contribution in [-0.4, -0.2) is 44.5 Å². The van der Waals surface area contributed by atoms with Crippen molar-refractivity contribution in [1.29, 1.82) is 0 Å². The molecule has 3 aromatic rings. The van der Waals surface area contributed by atoms with Crippen molar-refractivity contribution >= 4 is 22.7 Å². The second kappa shape index (κ2) is 10.00. The molecule has 0 radical (unpaired) electrons. The van der Waals surface area contributed by atoms with Gasteiger partial charge in [0.2, 0.25) is 5.91 Å². The maximum Gasteiger partial charge on any atom is 0.273 e. The van der Waals surface area contributed by atoms with Gasteiger partial charge in [-0.2, -0.15) is 0 Å². The number of aromatic nitrogens is 2. The van der Waals surface area contributed by atoms with E-state index in [0.29, 0.717) is 31.2 Å². The quantitative estimate of drug-likeness (QED) is 0.415. The Morgan fingerprint density at radius 2 is 1.89 bits per heavy atom. The third kappa shape index (κ3) is 4.38. The Bertz CT molecular complexity index is 1280. The van der Waals surface area contributed by atoms with Crippen molar-refractivity contribution in [2.45, 2.75) is 71.4 Å². The number of carbonyl (C=O) groups is 2. The highest BCUT2D eigenvalue weighted by molar-refractivity contribution is 6.08. The minimum Gasteiger partial charge on any atom is -0.354 e. The van der Waals surface area contributed by atoms with Crippen LogP contribution in [-0.2, 0) is 11.3 Å². The lowest BCUT2D eigenvalue weighted by molar-refractivity contribution is -0.132. The molecule has 190 valence electrons. The van der Waals surface area contributed by atoms with Crippen molar-refractivity contribution in [2.24, 2.45) is 5.92 Å². The van der Waals surface area contributed by atoms with Crippen LogP contribution in [0.15, 0.2) is 60.4 Å². The molecule has 1 aliphatic carbocycles. The van der Waals surface area contributed by atoms with Gasteiger partial charge in [-0.05, 0) is 69.6 Å². The average Bonchev–Trinajstić information content (AvgIpc) is 3.50. The Morgan fingerprint density at radius 3 is 2.61 bits per heavy atom. The third-order valence-corrected chi connectivity index (χ3v) is 7.85. The molecule has 1 aliphatic heterocycles. The normalized spacial score (nSPS) is 20.1. The summed E-state index contributed by atoms with van der Waals surface area (Å²) in [4.78, 5) is 30.0. The smallest absolute Gasteiger partial charge is 0.273 e. The van der Waals surface area contributed by atoms with Gasteiger partial charge in [-0.1, -0.05) is 43.7 Å². The number of rotatable bonds is 8. The van der Waals surface area contributed by atoms with E-state index >= 15 is 0 Å². The standard InChI is InChI=1S/C30H38N4O2/c1-22(2)15-17-31-29(36)30(3)21-33-25-14-8-7-13-24(25)26(32-18-9-10-19-32)27(33)28(35)34(30)20-16-23-11-5-4-6-12-23/h7-11,13-14,18-19,22H,4-6,12,15-17,20-21H2,1-3H3,(H,31,36). The monoisotopic (exact) mass is 486 g/mol. The molecule has 1 N–H and O–H groups in total. The Kier molecular flexibility index (Phi) is 6.78. The topological polar surface area (TPSA) is 59.3 Å². The number of nitrogens with one attached hydrogen (secondary N) is 1. The lowest BCUT2D eigenvalue weighted by Crippen LogP contribution is -2.64. The Labute approximate surface area is 214 Å². The van der Waals surface area contributed by atoms with E-state index < -0.39 is 5.54 Å². The highest BCUT2D eigenvalue weighted by atomic mass is 16.2. The van der Waals surface area contributed by atoms with Gasteiger partial charge in [0, 0.05) is 30.9 Å². The molecule has 36 heavy (non-hydrogen) atoms. The molecule has 0 fully saturated rings. The van der Waals surface area contributed by atoms with Crippen LogP contribution in [0.4, 0.5) is 0 Å². The molecular formula is C30H38N4O2. The molecule has 1 unspecified atom stereocenters. The molecule has 2 aromatic heterocycles. The zero-order valence-corrected chi connectivity index (χ0v) is 21.8. The minimum absolute atomic E-state index is 0.0694. The van der Waals surface area contributed by atoms with Crippen LogP contribution in [0.2, 0.25) is 0 Å². The summed E-state index contributed by atoms with van der Waals surface area (Å²) in [6, 6.07) is 12.1. The van der Waals surface area contributed by atoms with Gasteiger partial charge in [0.1, 0.15) is 11.2 Å². The van der Waals surface area contributed by atoms with Crippen molar-refractivity contribution in [2.75, 3.05) is 13.1 Å². The Hall–Kier alpha value is -3.28. The lowest BCUT2D eigenvalue weighted by atomic mass is 9.92. The van der Waals surface area contributed by atoms with Gasteiger partial charge >= 0.3 is 0 Å². The lowest BCUT2D eigenvalue weighted by Gasteiger charge is -2.44. The number of para-hydroxylation sites is 1. The van der Waals surface area contributed by atoms with Crippen LogP contribution in [0.25, 0.3) is 16.6 Å². The summed E-state index contributed by atoms with van der Waals surface area (Å²) in [7, 11) is 0. The fraction of sp³-hybridized carbons (Fsp3) is 0.467. The van der Waals surface area contributed by atoms with Crippen molar-refractivity contribution in [3.05, 3.63) is 66.1 Å². The summed E-state index contributed by atoms with van der Waals surface area (Å²) in [5.41, 5.74) is 2.99. The fourth-order valence-corrected chi connectivity index (χ4v) is 5.75. The molecule has 0 spiro atoms. The Morgan fingerprint density at radius 1 is 1.11 bits per heavy atom. The molecule has 2 amide bonds. The van der Waals surface area contributed by atoms with Gasteiger partial charge < -0.3 is 19.4 Å². The molecular weight excluding hydrogens is 448 g/mol. The van der Waals surface area contributed by atoms with Gasteiger partial charge in [0.05, 0.1) is 17.7 Å². The van der Waals surface area contributed by atoms with Crippen molar-refractivity contribution < 1.29 is 9.59 Å². The number of hydrogen-bond acceptors (Lipinski definition) is 2. The summed E-state index contributed by atoms with van der Waals surface area (Å²) in [6.45, 7) is 7.85. The van der Waals surface area contributed by atoms with E-state index in [1.165, 1.54) is 18.4 Å². The van der Waals surface area contributed by atoms with Gasteiger partial charge in [-0.15, -0.1) is 0 Å². The molecule has 6 heteroatoms. The summed E-state index contributed by atoms with van der Waals surface area (Å²) in [6.07, 6.45) is 12.7. The zero-order chi connectivity index (χ0) is 25.3. The highest BCUT2D eigenvalue weighted by Gasteiger charge is 2.48. The summed E-state index contributed by atoms with van der Waals surface area (Å²) >= 11 is 0. The molecule has 0 saturated heterocycles. The first-order chi connectivity index (χ1) is 17.4. The summed E-state index contributed by atoms with van der Waals surface area (Å²) < 4.78 is 4.10. The van der Waals surface area contributed by atoms with E-state index in [1.54, 1.807) is 0 Å². The van der Waals surface area contributed by atoms with Gasteiger partial charge in [-0.25, -0.2) is 0 Å². The van der Waals surface area contributed by atoms with E-state index in [-0.39, 0.29) is 11.8 Å². The molecule has 1 atom stereocenters. The summed E-state index contributed by atoms with van der Waals surface area (Å²) in [5, 5.41) is 4.18. The zero-order valence-electron chi connectivity index (χ0n) is 21.8. The maximum atomic E-state index is 14.4.